The van der Waals surface area contributed by atoms with Gasteiger partial charge in [-0.15, -0.1) is 0 Å². The number of aryl methyl sites for hydroxylation is 1. The van der Waals surface area contributed by atoms with E-state index in [1.807, 2.05) is 6.92 Å². The SMILES string of the molecule is CCn1ncc(OC)c1C(C)(C)O. The van der Waals surface area contributed by atoms with Crippen LogP contribution < -0.4 is 4.74 Å². The molecule has 1 N–H and O–H groups in total. The molecule has 0 unspecified atom stereocenters. The molecule has 4 nitrogen and oxygen atoms in total. The van der Waals surface area contributed by atoms with E-state index in [4.69, 9.17) is 4.74 Å². The van der Waals surface area contributed by atoms with Gasteiger partial charge in [-0.25, -0.2) is 0 Å². The number of methoxy groups -OCH3 is 1. The highest BCUT2D eigenvalue weighted by Crippen LogP contribution is 2.28. The fourth-order valence-electron chi connectivity index (χ4n) is 1.37. The highest BCUT2D eigenvalue weighted by Gasteiger charge is 2.25. The lowest BCUT2D eigenvalue weighted by atomic mass is 10.1. The molecule has 1 aromatic heterocycles. The maximum Gasteiger partial charge on any atom is 0.162 e. The third-order valence-electron chi connectivity index (χ3n) is 1.90. The summed E-state index contributed by atoms with van der Waals surface area (Å²) in [4.78, 5) is 0. The lowest BCUT2D eigenvalue weighted by Gasteiger charge is -2.19. The number of nitrogens with zero attached hydrogens (tertiary/aromatic N) is 2. The van der Waals surface area contributed by atoms with Crippen LogP contribution in [0.25, 0.3) is 0 Å². The molecular formula is C9H16N2O2. The van der Waals surface area contributed by atoms with Crippen LogP contribution >= 0.6 is 0 Å². The topological polar surface area (TPSA) is 47.3 Å². The van der Waals surface area contributed by atoms with Gasteiger partial charge in [0.25, 0.3) is 0 Å². The molecule has 0 fully saturated rings. The Labute approximate surface area is 78.1 Å². The van der Waals surface area contributed by atoms with Gasteiger partial charge in [0.1, 0.15) is 11.3 Å². The number of hydrogen-bond donors (Lipinski definition) is 1. The van der Waals surface area contributed by atoms with Crippen molar-refractivity contribution in [2.75, 3.05) is 7.11 Å². The summed E-state index contributed by atoms with van der Waals surface area (Å²) in [6, 6.07) is 0. The lowest BCUT2D eigenvalue weighted by molar-refractivity contribution is 0.0656. The maximum absolute atomic E-state index is 9.86. The summed E-state index contributed by atoms with van der Waals surface area (Å²) in [5.41, 5.74) is -0.199. The molecule has 1 heterocycles. The second-order valence-corrected chi connectivity index (χ2v) is 3.44. The van der Waals surface area contributed by atoms with Crippen molar-refractivity contribution in [2.45, 2.75) is 32.9 Å². The van der Waals surface area contributed by atoms with E-state index >= 15 is 0 Å². The summed E-state index contributed by atoms with van der Waals surface area (Å²) < 4.78 is 6.85. The maximum atomic E-state index is 9.86. The van der Waals surface area contributed by atoms with Gasteiger partial charge in [-0.05, 0) is 20.8 Å². The first-order valence-electron chi connectivity index (χ1n) is 4.33. The largest absolute Gasteiger partial charge is 0.493 e. The summed E-state index contributed by atoms with van der Waals surface area (Å²) in [6.45, 7) is 6.14. The molecule has 1 aromatic rings. The highest BCUT2D eigenvalue weighted by atomic mass is 16.5. The summed E-state index contributed by atoms with van der Waals surface area (Å²) in [5, 5.41) is 14.0. The van der Waals surface area contributed by atoms with Crippen LogP contribution in [-0.4, -0.2) is 22.0 Å². The van der Waals surface area contributed by atoms with Crippen molar-refractivity contribution in [3.05, 3.63) is 11.9 Å². The van der Waals surface area contributed by atoms with Crippen molar-refractivity contribution in [3.63, 3.8) is 0 Å². The van der Waals surface area contributed by atoms with Crippen LogP contribution in [0.3, 0.4) is 0 Å². The molecule has 4 heteroatoms. The van der Waals surface area contributed by atoms with E-state index in [9.17, 15) is 5.11 Å². The van der Waals surface area contributed by atoms with Crippen LogP contribution in [0.5, 0.6) is 5.75 Å². The number of rotatable bonds is 3. The molecule has 0 spiro atoms. The van der Waals surface area contributed by atoms with Crippen molar-refractivity contribution in [1.29, 1.82) is 0 Å². The molecule has 0 radical (unpaired) electrons. The molecule has 0 atom stereocenters. The summed E-state index contributed by atoms with van der Waals surface area (Å²) >= 11 is 0. The third-order valence-corrected chi connectivity index (χ3v) is 1.90. The van der Waals surface area contributed by atoms with Crippen molar-refractivity contribution < 1.29 is 9.84 Å². The molecule has 0 aromatic carbocycles. The standard InChI is InChI=1S/C9H16N2O2/c1-5-11-8(9(2,3)12)7(13-4)6-10-11/h6,12H,5H2,1-4H3. The van der Waals surface area contributed by atoms with Crippen LogP contribution in [0.4, 0.5) is 0 Å². The predicted octanol–water partition coefficient (Wildman–Crippen LogP) is 1.14. The van der Waals surface area contributed by atoms with Crippen LogP contribution in [0, 0.1) is 0 Å². The molecule has 0 aliphatic heterocycles. The van der Waals surface area contributed by atoms with Crippen molar-refractivity contribution in [2.24, 2.45) is 0 Å². The molecule has 0 amide bonds. The molecule has 0 saturated heterocycles. The van der Waals surface area contributed by atoms with Gasteiger partial charge in [0.15, 0.2) is 5.75 Å². The normalized spacial score (nSPS) is 11.8. The van der Waals surface area contributed by atoms with E-state index in [0.717, 1.165) is 12.2 Å². The Hall–Kier alpha value is -1.03. The van der Waals surface area contributed by atoms with Gasteiger partial charge in [0, 0.05) is 6.54 Å². The summed E-state index contributed by atoms with van der Waals surface area (Å²) in [6.07, 6.45) is 1.62. The second-order valence-electron chi connectivity index (χ2n) is 3.44. The van der Waals surface area contributed by atoms with E-state index in [2.05, 4.69) is 5.10 Å². The van der Waals surface area contributed by atoms with Crippen LogP contribution in [0.2, 0.25) is 0 Å². The first-order valence-corrected chi connectivity index (χ1v) is 4.33. The zero-order valence-corrected chi connectivity index (χ0v) is 8.53. The Balaban J connectivity index is 3.20. The molecule has 0 saturated carbocycles. The first kappa shape index (κ1) is 10.1. The average Bonchev–Trinajstić information content (AvgIpc) is 2.45. The Morgan fingerprint density at radius 1 is 1.62 bits per heavy atom. The van der Waals surface area contributed by atoms with E-state index < -0.39 is 5.60 Å². The second kappa shape index (κ2) is 3.38. The van der Waals surface area contributed by atoms with Crippen molar-refractivity contribution in [3.8, 4) is 5.75 Å². The van der Waals surface area contributed by atoms with Gasteiger partial charge in [-0.2, -0.15) is 5.10 Å². The predicted molar refractivity (Wildman–Crippen MR) is 49.7 cm³/mol. The lowest BCUT2D eigenvalue weighted by Crippen LogP contribution is -2.22. The molecule has 0 aliphatic carbocycles. The van der Waals surface area contributed by atoms with E-state index in [-0.39, 0.29) is 0 Å². The van der Waals surface area contributed by atoms with Gasteiger partial charge in [0.05, 0.1) is 13.3 Å². The number of aromatic nitrogens is 2. The summed E-state index contributed by atoms with van der Waals surface area (Å²) in [5.74, 6) is 0.634. The van der Waals surface area contributed by atoms with Crippen LogP contribution in [-0.2, 0) is 12.1 Å². The Morgan fingerprint density at radius 2 is 2.23 bits per heavy atom. The van der Waals surface area contributed by atoms with Crippen LogP contribution in [0.1, 0.15) is 26.5 Å². The fraction of sp³-hybridized carbons (Fsp3) is 0.667. The molecule has 13 heavy (non-hydrogen) atoms. The highest BCUT2D eigenvalue weighted by molar-refractivity contribution is 5.29. The van der Waals surface area contributed by atoms with E-state index in [1.165, 1.54) is 0 Å². The Kier molecular flexibility index (Phi) is 2.61. The smallest absolute Gasteiger partial charge is 0.162 e. The minimum atomic E-state index is -0.919. The first-order chi connectivity index (χ1) is 6.00. The quantitative estimate of drug-likeness (QED) is 0.766. The number of aliphatic hydroxyl groups is 1. The zero-order valence-electron chi connectivity index (χ0n) is 8.53. The van der Waals surface area contributed by atoms with Gasteiger partial charge >= 0.3 is 0 Å². The molecule has 74 valence electrons. The summed E-state index contributed by atoms with van der Waals surface area (Å²) in [7, 11) is 1.58. The van der Waals surface area contributed by atoms with E-state index in [1.54, 1.807) is 31.8 Å². The van der Waals surface area contributed by atoms with Crippen LogP contribution in [0.15, 0.2) is 6.20 Å². The number of hydrogen-bond acceptors (Lipinski definition) is 3. The van der Waals surface area contributed by atoms with Gasteiger partial charge in [-0.3, -0.25) is 4.68 Å². The van der Waals surface area contributed by atoms with Crippen molar-refractivity contribution in [1.82, 2.24) is 9.78 Å². The Bertz CT molecular complexity index is 265. The molecule has 0 bridgehead atoms. The Morgan fingerprint density at radius 3 is 2.62 bits per heavy atom. The molecular weight excluding hydrogens is 168 g/mol. The molecule has 0 aliphatic rings. The molecule has 1 rings (SSSR count). The fourth-order valence-corrected chi connectivity index (χ4v) is 1.37. The zero-order chi connectivity index (χ0) is 10.1. The minimum Gasteiger partial charge on any atom is -0.493 e. The minimum absolute atomic E-state index is 0.634. The van der Waals surface area contributed by atoms with Gasteiger partial charge < -0.3 is 9.84 Å². The number of ether oxygens (including phenoxy) is 1. The van der Waals surface area contributed by atoms with E-state index in [0.29, 0.717) is 5.75 Å². The third kappa shape index (κ3) is 1.83. The monoisotopic (exact) mass is 184 g/mol. The van der Waals surface area contributed by atoms with Gasteiger partial charge in [0.2, 0.25) is 0 Å². The van der Waals surface area contributed by atoms with Gasteiger partial charge in [-0.1, -0.05) is 0 Å². The van der Waals surface area contributed by atoms with Crippen molar-refractivity contribution >= 4 is 0 Å². The average molecular weight is 184 g/mol.